The molecule has 0 saturated carbocycles. The van der Waals surface area contributed by atoms with E-state index in [2.05, 4.69) is 4.98 Å². The summed E-state index contributed by atoms with van der Waals surface area (Å²) in [5.41, 5.74) is 7.09. The van der Waals surface area contributed by atoms with Crippen molar-refractivity contribution in [1.82, 2.24) is 4.98 Å². The summed E-state index contributed by atoms with van der Waals surface area (Å²) < 4.78 is 5.02. The number of thiazole rings is 1. The first-order valence-corrected chi connectivity index (χ1v) is 7.43. The van der Waals surface area contributed by atoms with Gasteiger partial charge < -0.3 is 10.5 Å². The molecule has 0 amide bonds. The SMILES string of the molecule is CCc1nc(-c2ccc(OC)c([N+](=O)[O-])c2)c(CCN)s1. The van der Waals surface area contributed by atoms with E-state index in [0.29, 0.717) is 13.0 Å². The van der Waals surface area contributed by atoms with E-state index in [1.165, 1.54) is 13.2 Å². The molecule has 0 radical (unpaired) electrons. The van der Waals surface area contributed by atoms with E-state index in [9.17, 15) is 10.1 Å². The highest BCUT2D eigenvalue weighted by molar-refractivity contribution is 7.12. The van der Waals surface area contributed by atoms with Gasteiger partial charge in [0.2, 0.25) is 0 Å². The number of nitro benzene ring substituents is 1. The number of benzene rings is 1. The first-order chi connectivity index (χ1) is 10.1. The molecule has 0 bridgehead atoms. The van der Waals surface area contributed by atoms with Gasteiger partial charge in [0.05, 0.1) is 22.7 Å². The van der Waals surface area contributed by atoms with Crippen LogP contribution in [0.2, 0.25) is 0 Å². The van der Waals surface area contributed by atoms with E-state index in [1.807, 2.05) is 6.92 Å². The summed E-state index contributed by atoms with van der Waals surface area (Å²) in [6.07, 6.45) is 1.55. The van der Waals surface area contributed by atoms with Crippen LogP contribution < -0.4 is 10.5 Å². The van der Waals surface area contributed by atoms with Crippen molar-refractivity contribution in [2.75, 3.05) is 13.7 Å². The summed E-state index contributed by atoms with van der Waals surface area (Å²) in [5, 5.41) is 12.1. The van der Waals surface area contributed by atoms with Crippen LogP contribution in [0.5, 0.6) is 5.75 Å². The molecule has 0 aliphatic heterocycles. The van der Waals surface area contributed by atoms with Crippen molar-refractivity contribution in [1.29, 1.82) is 0 Å². The zero-order valence-corrected chi connectivity index (χ0v) is 12.8. The fraction of sp³-hybridized carbons (Fsp3) is 0.357. The topological polar surface area (TPSA) is 91.3 Å². The Bertz CT molecular complexity index is 655. The molecule has 0 atom stereocenters. The monoisotopic (exact) mass is 307 g/mol. The number of nitro groups is 1. The Labute approximate surface area is 126 Å². The highest BCUT2D eigenvalue weighted by atomic mass is 32.1. The first-order valence-electron chi connectivity index (χ1n) is 6.62. The van der Waals surface area contributed by atoms with Gasteiger partial charge in [-0.15, -0.1) is 11.3 Å². The summed E-state index contributed by atoms with van der Waals surface area (Å²) in [4.78, 5) is 16.3. The number of aryl methyl sites for hydroxylation is 1. The van der Waals surface area contributed by atoms with Gasteiger partial charge in [-0.1, -0.05) is 6.92 Å². The molecule has 21 heavy (non-hydrogen) atoms. The average molecular weight is 307 g/mol. The summed E-state index contributed by atoms with van der Waals surface area (Å²) in [7, 11) is 1.42. The van der Waals surface area contributed by atoms with Crippen LogP contribution in [0.25, 0.3) is 11.3 Å². The molecule has 0 aliphatic rings. The maximum atomic E-state index is 11.1. The van der Waals surface area contributed by atoms with Gasteiger partial charge in [0.1, 0.15) is 0 Å². The molecule has 1 heterocycles. The molecule has 2 N–H and O–H groups in total. The lowest BCUT2D eigenvalue weighted by atomic mass is 10.1. The third-order valence-corrected chi connectivity index (χ3v) is 4.32. The molecule has 0 fully saturated rings. The lowest BCUT2D eigenvalue weighted by molar-refractivity contribution is -0.385. The Morgan fingerprint density at radius 3 is 2.81 bits per heavy atom. The number of methoxy groups -OCH3 is 1. The minimum absolute atomic E-state index is 0.0558. The average Bonchev–Trinajstić information content (AvgIpc) is 2.90. The van der Waals surface area contributed by atoms with Gasteiger partial charge in [-0.05, 0) is 31.5 Å². The normalized spacial score (nSPS) is 10.6. The van der Waals surface area contributed by atoms with E-state index in [4.69, 9.17) is 10.5 Å². The minimum Gasteiger partial charge on any atom is -0.490 e. The van der Waals surface area contributed by atoms with Gasteiger partial charge in [0.25, 0.3) is 0 Å². The molecular weight excluding hydrogens is 290 g/mol. The van der Waals surface area contributed by atoms with Gasteiger partial charge in [0, 0.05) is 16.5 Å². The van der Waals surface area contributed by atoms with Crippen molar-refractivity contribution in [3.8, 4) is 17.0 Å². The second-order valence-corrected chi connectivity index (χ2v) is 5.58. The van der Waals surface area contributed by atoms with Gasteiger partial charge >= 0.3 is 5.69 Å². The molecule has 1 aromatic carbocycles. The number of ether oxygens (including phenoxy) is 1. The van der Waals surface area contributed by atoms with Crippen molar-refractivity contribution < 1.29 is 9.66 Å². The standard InChI is InChI=1S/C14H17N3O3S/c1-3-13-16-14(12(21-13)6-7-15)9-4-5-11(20-2)10(8-9)17(18)19/h4-5,8H,3,6-7,15H2,1-2H3. The van der Waals surface area contributed by atoms with Crippen LogP contribution in [0.4, 0.5) is 5.69 Å². The van der Waals surface area contributed by atoms with Crippen LogP contribution >= 0.6 is 11.3 Å². The number of nitrogens with zero attached hydrogens (tertiary/aromatic N) is 2. The molecule has 2 aromatic rings. The molecule has 0 saturated heterocycles. The lowest BCUT2D eigenvalue weighted by Gasteiger charge is -2.05. The van der Waals surface area contributed by atoms with Crippen LogP contribution in [0.3, 0.4) is 0 Å². The smallest absolute Gasteiger partial charge is 0.311 e. The van der Waals surface area contributed by atoms with Crippen molar-refractivity contribution in [3.05, 3.63) is 38.2 Å². The maximum Gasteiger partial charge on any atom is 0.311 e. The summed E-state index contributed by atoms with van der Waals surface area (Å²) >= 11 is 1.61. The van der Waals surface area contributed by atoms with Crippen LogP contribution in [0.15, 0.2) is 18.2 Å². The fourth-order valence-electron chi connectivity index (χ4n) is 2.06. The summed E-state index contributed by atoms with van der Waals surface area (Å²) in [6.45, 7) is 2.56. The van der Waals surface area contributed by atoms with Crippen molar-refractivity contribution in [3.63, 3.8) is 0 Å². The first kappa shape index (κ1) is 15.4. The minimum atomic E-state index is -0.446. The Morgan fingerprint density at radius 1 is 1.48 bits per heavy atom. The van der Waals surface area contributed by atoms with Gasteiger partial charge in [-0.25, -0.2) is 4.98 Å². The highest BCUT2D eigenvalue weighted by Gasteiger charge is 2.19. The number of hydrogen-bond donors (Lipinski definition) is 1. The Hall–Kier alpha value is -1.99. The predicted octanol–water partition coefficient (Wildman–Crippen LogP) is 2.79. The number of nitrogens with two attached hydrogens (primary N) is 1. The molecule has 0 unspecified atom stereocenters. The van der Waals surface area contributed by atoms with E-state index < -0.39 is 4.92 Å². The molecule has 7 heteroatoms. The number of hydrogen-bond acceptors (Lipinski definition) is 6. The molecule has 2 rings (SSSR count). The molecule has 112 valence electrons. The van der Waals surface area contributed by atoms with Crippen LogP contribution in [0.1, 0.15) is 16.8 Å². The van der Waals surface area contributed by atoms with E-state index in [-0.39, 0.29) is 11.4 Å². The van der Waals surface area contributed by atoms with Crippen molar-refractivity contribution in [2.24, 2.45) is 5.73 Å². The van der Waals surface area contributed by atoms with E-state index >= 15 is 0 Å². The highest BCUT2D eigenvalue weighted by Crippen LogP contribution is 2.35. The number of aromatic nitrogens is 1. The van der Waals surface area contributed by atoms with E-state index in [0.717, 1.165) is 27.6 Å². The Balaban J connectivity index is 2.53. The largest absolute Gasteiger partial charge is 0.490 e. The zero-order chi connectivity index (χ0) is 15.4. The molecule has 6 nitrogen and oxygen atoms in total. The van der Waals surface area contributed by atoms with Gasteiger partial charge in [-0.2, -0.15) is 0 Å². The van der Waals surface area contributed by atoms with Gasteiger partial charge in [-0.3, -0.25) is 10.1 Å². The summed E-state index contributed by atoms with van der Waals surface area (Å²) in [6, 6.07) is 4.90. The zero-order valence-electron chi connectivity index (χ0n) is 12.0. The third-order valence-electron chi connectivity index (χ3n) is 3.06. The van der Waals surface area contributed by atoms with Crippen LogP contribution in [-0.4, -0.2) is 23.6 Å². The van der Waals surface area contributed by atoms with Gasteiger partial charge in [0.15, 0.2) is 5.75 Å². The maximum absolute atomic E-state index is 11.1. The van der Waals surface area contributed by atoms with Crippen LogP contribution in [0, 0.1) is 10.1 Å². The molecular formula is C14H17N3O3S. The lowest BCUT2D eigenvalue weighted by Crippen LogP contribution is -2.02. The second kappa shape index (κ2) is 6.64. The van der Waals surface area contributed by atoms with Crippen molar-refractivity contribution in [2.45, 2.75) is 19.8 Å². The number of rotatable bonds is 6. The Kier molecular flexibility index (Phi) is 4.87. The molecule has 1 aromatic heterocycles. The van der Waals surface area contributed by atoms with Crippen molar-refractivity contribution >= 4 is 17.0 Å². The second-order valence-electron chi connectivity index (χ2n) is 4.42. The quantitative estimate of drug-likeness (QED) is 0.654. The fourth-order valence-corrected chi connectivity index (χ4v) is 3.10. The van der Waals surface area contributed by atoms with Crippen LogP contribution in [-0.2, 0) is 12.8 Å². The predicted molar refractivity (Wildman–Crippen MR) is 82.9 cm³/mol. The molecule has 0 aliphatic carbocycles. The van der Waals surface area contributed by atoms with E-state index in [1.54, 1.807) is 23.5 Å². The molecule has 0 spiro atoms. The third kappa shape index (κ3) is 3.20. The summed E-state index contributed by atoms with van der Waals surface area (Å²) in [5.74, 6) is 0.245. The Morgan fingerprint density at radius 2 is 2.24 bits per heavy atom.